The van der Waals surface area contributed by atoms with Crippen LogP contribution in [0, 0.1) is 12.3 Å². The molecule has 0 fully saturated rings. The molecule has 1 aromatic heterocycles. The molecule has 7 heteroatoms. The molecule has 0 bridgehead atoms. The third-order valence-corrected chi connectivity index (χ3v) is 4.39. The number of terminal acetylenes is 1. The topological polar surface area (TPSA) is 84.9 Å². The molecule has 0 radical (unpaired) electrons. The largest absolute Gasteiger partial charge is 0.492 e. The van der Waals surface area contributed by atoms with Gasteiger partial charge in [0, 0.05) is 43.1 Å². The first kappa shape index (κ1) is 21.2. The predicted octanol–water partition coefficient (Wildman–Crippen LogP) is 3.11. The summed E-state index contributed by atoms with van der Waals surface area (Å²) in [6.45, 7) is 2.85. The Hall–Kier alpha value is -3.47. The molecule has 0 aliphatic heterocycles. The molecule has 2 aromatic carbocycles. The number of fused-ring (bicyclic) bond motifs is 1. The van der Waals surface area contributed by atoms with Gasteiger partial charge < -0.3 is 29.2 Å². The number of nitrogens with two attached hydrogens (primary N) is 1. The minimum Gasteiger partial charge on any atom is -0.492 e. The number of ether oxygens (including phenoxy) is 4. The molecule has 1 heterocycles. The highest BCUT2D eigenvalue weighted by atomic mass is 16.7. The van der Waals surface area contributed by atoms with Gasteiger partial charge in [-0.25, -0.2) is 4.79 Å². The average Bonchev–Trinajstić information content (AvgIpc) is 3.14. The average molecular weight is 408 g/mol. The van der Waals surface area contributed by atoms with Crippen molar-refractivity contribution in [3.8, 4) is 29.5 Å². The number of rotatable bonds is 9. The monoisotopic (exact) mass is 408 g/mol. The minimum atomic E-state index is -0.464. The first-order valence-electron chi connectivity index (χ1n) is 9.50. The summed E-state index contributed by atoms with van der Waals surface area (Å²) in [7, 11) is 1.51. The number of benzene rings is 2. The van der Waals surface area contributed by atoms with Crippen LogP contribution in [0.25, 0.3) is 16.6 Å². The molecule has 7 nitrogen and oxygen atoms in total. The zero-order valence-corrected chi connectivity index (χ0v) is 17.0. The van der Waals surface area contributed by atoms with E-state index < -0.39 is 5.97 Å². The predicted molar refractivity (Wildman–Crippen MR) is 114 cm³/mol. The van der Waals surface area contributed by atoms with Gasteiger partial charge in [-0.2, -0.15) is 0 Å². The Bertz CT molecular complexity index is 1080. The number of aromatic nitrogens is 1. The third-order valence-electron chi connectivity index (χ3n) is 4.39. The Balaban J connectivity index is 2.11. The van der Waals surface area contributed by atoms with Gasteiger partial charge in [0.15, 0.2) is 6.79 Å². The lowest BCUT2D eigenvalue weighted by molar-refractivity contribution is 0.0438. The van der Waals surface area contributed by atoms with E-state index >= 15 is 0 Å². The van der Waals surface area contributed by atoms with Crippen LogP contribution in [-0.2, 0) is 9.47 Å². The highest BCUT2D eigenvalue weighted by molar-refractivity contribution is 5.93. The minimum absolute atomic E-state index is 0.00499. The van der Waals surface area contributed by atoms with E-state index in [4.69, 9.17) is 31.1 Å². The van der Waals surface area contributed by atoms with Crippen LogP contribution in [0.4, 0.5) is 0 Å². The molecule has 0 aliphatic carbocycles. The number of carbonyl (C=O) groups excluding carboxylic acids is 1. The lowest BCUT2D eigenvalue weighted by Crippen LogP contribution is -2.10. The molecule has 0 saturated heterocycles. The van der Waals surface area contributed by atoms with Crippen molar-refractivity contribution in [1.82, 2.24) is 4.57 Å². The summed E-state index contributed by atoms with van der Waals surface area (Å²) in [5.41, 5.74) is 8.21. The molecule has 156 valence electrons. The first-order valence-corrected chi connectivity index (χ1v) is 9.50. The van der Waals surface area contributed by atoms with Gasteiger partial charge in [-0.3, -0.25) is 0 Å². The summed E-state index contributed by atoms with van der Waals surface area (Å²) in [6, 6.07) is 10.9. The third kappa shape index (κ3) is 4.40. The highest BCUT2D eigenvalue weighted by Gasteiger charge is 2.17. The van der Waals surface area contributed by atoms with E-state index in [9.17, 15) is 4.79 Å². The second-order valence-electron chi connectivity index (χ2n) is 6.33. The van der Waals surface area contributed by atoms with Crippen LogP contribution < -0.4 is 15.2 Å². The number of hydrogen-bond acceptors (Lipinski definition) is 6. The van der Waals surface area contributed by atoms with Crippen molar-refractivity contribution < 1.29 is 23.7 Å². The Kier molecular flexibility index (Phi) is 6.96. The molecule has 0 saturated carbocycles. The molecular formula is C23H24N2O5. The van der Waals surface area contributed by atoms with Crippen LogP contribution in [0.1, 0.15) is 22.8 Å². The standard InChI is InChI=1S/C23H24N2O5/c1-4-16-14-25(21-13-18(29-11-10-24)7-9-19(16)21)17-6-8-20(23(26)28-5-2)22(12-17)30-15-27-3/h1,6-9,12-14H,5,10-11,15,24H2,2-3H3. The number of carbonyl (C=O) groups is 1. The van der Waals surface area contributed by atoms with E-state index in [1.165, 1.54) is 7.11 Å². The van der Waals surface area contributed by atoms with Crippen LogP contribution in [0.3, 0.4) is 0 Å². The maximum Gasteiger partial charge on any atom is 0.341 e. The Morgan fingerprint density at radius 2 is 2.03 bits per heavy atom. The Labute approximate surface area is 175 Å². The molecule has 0 unspecified atom stereocenters. The molecule has 30 heavy (non-hydrogen) atoms. The van der Waals surface area contributed by atoms with Crippen molar-refractivity contribution in [2.75, 3.05) is 33.7 Å². The van der Waals surface area contributed by atoms with Gasteiger partial charge in [0.05, 0.1) is 17.7 Å². The second kappa shape index (κ2) is 9.83. The van der Waals surface area contributed by atoms with E-state index in [2.05, 4.69) is 5.92 Å². The maximum atomic E-state index is 12.3. The van der Waals surface area contributed by atoms with E-state index in [0.29, 0.717) is 30.2 Å². The quantitative estimate of drug-likeness (QED) is 0.333. The lowest BCUT2D eigenvalue weighted by atomic mass is 10.1. The smallest absolute Gasteiger partial charge is 0.341 e. The summed E-state index contributed by atoms with van der Waals surface area (Å²) in [5.74, 6) is 3.29. The molecule has 0 aliphatic rings. The van der Waals surface area contributed by atoms with E-state index in [0.717, 1.165) is 22.2 Å². The van der Waals surface area contributed by atoms with E-state index in [-0.39, 0.29) is 13.4 Å². The van der Waals surface area contributed by atoms with Crippen LogP contribution in [-0.4, -0.2) is 44.2 Å². The fourth-order valence-electron chi connectivity index (χ4n) is 3.08. The fraction of sp³-hybridized carbons (Fsp3) is 0.261. The van der Waals surface area contributed by atoms with Gasteiger partial charge in [-0.1, -0.05) is 5.92 Å². The van der Waals surface area contributed by atoms with Crippen molar-refractivity contribution in [1.29, 1.82) is 0 Å². The van der Waals surface area contributed by atoms with Crippen LogP contribution >= 0.6 is 0 Å². The molecule has 0 amide bonds. The first-order chi connectivity index (χ1) is 14.6. The van der Waals surface area contributed by atoms with Gasteiger partial charge in [-0.15, -0.1) is 6.42 Å². The Morgan fingerprint density at radius 3 is 2.73 bits per heavy atom. The lowest BCUT2D eigenvalue weighted by Gasteiger charge is -2.13. The fourth-order valence-corrected chi connectivity index (χ4v) is 3.08. The molecular weight excluding hydrogens is 384 g/mol. The summed E-state index contributed by atoms with van der Waals surface area (Å²) in [5, 5.41) is 0.909. The molecule has 2 N–H and O–H groups in total. The van der Waals surface area contributed by atoms with Crippen molar-refractivity contribution in [3.63, 3.8) is 0 Å². The van der Waals surface area contributed by atoms with Crippen molar-refractivity contribution >= 4 is 16.9 Å². The van der Waals surface area contributed by atoms with Gasteiger partial charge in [0.1, 0.15) is 23.7 Å². The van der Waals surface area contributed by atoms with Crippen molar-refractivity contribution in [2.45, 2.75) is 6.92 Å². The normalized spacial score (nSPS) is 10.6. The summed E-state index contributed by atoms with van der Waals surface area (Å²) in [4.78, 5) is 12.3. The summed E-state index contributed by atoms with van der Waals surface area (Å²) in [6.07, 6.45) is 7.56. The maximum absolute atomic E-state index is 12.3. The molecule has 3 rings (SSSR count). The SMILES string of the molecule is C#Cc1cn(-c2ccc(C(=O)OCC)c(OCOC)c2)c2cc(OCCN)ccc12. The summed E-state index contributed by atoms with van der Waals surface area (Å²) >= 11 is 0. The van der Waals surface area contributed by atoms with Gasteiger partial charge in [0.25, 0.3) is 0 Å². The molecule has 0 spiro atoms. The van der Waals surface area contributed by atoms with Gasteiger partial charge >= 0.3 is 5.97 Å². The zero-order chi connectivity index (χ0) is 21.5. The molecule has 0 atom stereocenters. The van der Waals surface area contributed by atoms with Crippen molar-refractivity contribution in [3.05, 3.63) is 53.7 Å². The van der Waals surface area contributed by atoms with Crippen molar-refractivity contribution in [2.24, 2.45) is 5.73 Å². The van der Waals surface area contributed by atoms with Crippen LogP contribution in [0.2, 0.25) is 0 Å². The van der Waals surface area contributed by atoms with E-state index in [1.54, 1.807) is 25.1 Å². The molecule has 3 aromatic rings. The van der Waals surface area contributed by atoms with Crippen LogP contribution in [0.15, 0.2) is 42.6 Å². The zero-order valence-electron chi connectivity index (χ0n) is 17.0. The van der Waals surface area contributed by atoms with Gasteiger partial charge in [-0.05, 0) is 31.2 Å². The second-order valence-corrected chi connectivity index (χ2v) is 6.33. The number of nitrogens with zero attached hydrogens (tertiary/aromatic N) is 1. The Morgan fingerprint density at radius 1 is 1.20 bits per heavy atom. The van der Waals surface area contributed by atoms with Crippen LogP contribution in [0.5, 0.6) is 11.5 Å². The summed E-state index contributed by atoms with van der Waals surface area (Å²) < 4.78 is 23.3. The van der Waals surface area contributed by atoms with Gasteiger partial charge in [0.2, 0.25) is 0 Å². The number of hydrogen-bond donors (Lipinski definition) is 1. The number of esters is 1. The number of methoxy groups -OCH3 is 1. The van der Waals surface area contributed by atoms with E-state index in [1.807, 2.05) is 29.0 Å². The highest BCUT2D eigenvalue weighted by Crippen LogP contribution is 2.31.